The number of Topliss-reactive ketones (excluding diaryl/α,β-unsaturated/α-hetero) is 1. The SMILES string of the molecule is Cc1csc([C@@H](C#N)C(=O)COC(=O)/C=C/c2cnn(Cc3ccccc3)c2)n1. The molecule has 146 valence electrons. The molecule has 0 saturated heterocycles. The van der Waals surface area contributed by atoms with Gasteiger partial charge in [0.05, 0.1) is 18.8 Å². The van der Waals surface area contributed by atoms with E-state index in [1.807, 2.05) is 36.4 Å². The Hall–Kier alpha value is -3.57. The number of carbonyl (C=O) groups is 2. The number of aromatic nitrogens is 3. The lowest BCUT2D eigenvalue weighted by Gasteiger charge is -2.05. The maximum atomic E-state index is 12.2. The lowest BCUT2D eigenvalue weighted by Crippen LogP contribution is -2.19. The zero-order valence-corrected chi connectivity index (χ0v) is 16.5. The molecule has 29 heavy (non-hydrogen) atoms. The van der Waals surface area contributed by atoms with Crippen molar-refractivity contribution in [1.29, 1.82) is 5.26 Å². The molecule has 0 spiro atoms. The minimum Gasteiger partial charge on any atom is -0.454 e. The van der Waals surface area contributed by atoms with Crippen LogP contribution in [-0.2, 0) is 20.9 Å². The third kappa shape index (κ3) is 5.70. The van der Waals surface area contributed by atoms with Gasteiger partial charge in [0.15, 0.2) is 18.3 Å². The van der Waals surface area contributed by atoms with Crippen LogP contribution in [-0.4, -0.2) is 33.1 Å². The Balaban J connectivity index is 1.51. The Kier molecular flexibility index (Phi) is 6.66. The molecule has 2 heterocycles. The van der Waals surface area contributed by atoms with Crippen molar-refractivity contribution in [1.82, 2.24) is 14.8 Å². The molecule has 0 aliphatic heterocycles. The van der Waals surface area contributed by atoms with Gasteiger partial charge in [0.2, 0.25) is 0 Å². The summed E-state index contributed by atoms with van der Waals surface area (Å²) in [5, 5.41) is 15.6. The highest BCUT2D eigenvalue weighted by Crippen LogP contribution is 2.20. The van der Waals surface area contributed by atoms with Crippen LogP contribution in [0, 0.1) is 18.3 Å². The fraction of sp³-hybridized carbons (Fsp3) is 0.190. The molecule has 0 bridgehead atoms. The molecule has 0 N–H and O–H groups in total. The summed E-state index contributed by atoms with van der Waals surface area (Å²) in [6.07, 6.45) is 6.23. The number of nitriles is 1. The van der Waals surface area contributed by atoms with Crippen molar-refractivity contribution in [2.24, 2.45) is 0 Å². The highest BCUT2D eigenvalue weighted by molar-refractivity contribution is 7.09. The molecule has 2 aromatic heterocycles. The van der Waals surface area contributed by atoms with Crippen LogP contribution in [0.4, 0.5) is 0 Å². The molecular formula is C21H18N4O3S. The van der Waals surface area contributed by atoms with Gasteiger partial charge in [0.25, 0.3) is 0 Å². The van der Waals surface area contributed by atoms with Crippen LogP contribution in [0.1, 0.15) is 27.7 Å². The van der Waals surface area contributed by atoms with E-state index >= 15 is 0 Å². The highest BCUT2D eigenvalue weighted by atomic mass is 32.1. The predicted octanol–water partition coefficient (Wildman–Crippen LogP) is 3.13. The summed E-state index contributed by atoms with van der Waals surface area (Å²) in [5.41, 5.74) is 2.59. The number of benzene rings is 1. The van der Waals surface area contributed by atoms with E-state index < -0.39 is 24.3 Å². The van der Waals surface area contributed by atoms with Crippen LogP contribution < -0.4 is 0 Å². The minimum absolute atomic E-state index is 0.410. The van der Waals surface area contributed by atoms with Crippen molar-refractivity contribution in [3.05, 3.63) is 76.0 Å². The normalized spacial score (nSPS) is 11.9. The van der Waals surface area contributed by atoms with E-state index in [1.165, 1.54) is 17.4 Å². The Bertz CT molecular complexity index is 1060. The molecule has 3 rings (SSSR count). The second-order valence-electron chi connectivity index (χ2n) is 6.25. The molecule has 0 amide bonds. The summed E-state index contributed by atoms with van der Waals surface area (Å²) in [6.45, 7) is 1.93. The standard InChI is InChI=1S/C21H18N4O3S/c1-15-14-29-21(24-15)18(9-22)19(26)13-28-20(27)8-7-17-10-23-25(12-17)11-16-5-3-2-4-6-16/h2-8,10,12,14,18H,11,13H2,1H3/b8-7+/t18-/m0/s1. The molecule has 0 unspecified atom stereocenters. The number of ether oxygens (including phenoxy) is 1. The third-order valence-corrected chi connectivity index (χ3v) is 4.97. The Morgan fingerprint density at radius 3 is 2.83 bits per heavy atom. The van der Waals surface area contributed by atoms with Crippen LogP contribution in [0.2, 0.25) is 0 Å². The zero-order valence-electron chi connectivity index (χ0n) is 15.7. The summed E-state index contributed by atoms with van der Waals surface area (Å²) < 4.78 is 6.72. The summed E-state index contributed by atoms with van der Waals surface area (Å²) in [5.74, 6) is -2.19. The first-order valence-corrected chi connectivity index (χ1v) is 9.68. The van der Waals surface area contributed by atoms with Crippen LogP contribution in [0.25, 0.3) is 6.08 Å². The average Bonchev–Trinajstić information content (AvgIpc) is 3.35. The van der Waals surface area contributed by atoms with Gasteiger partial charge in [0, 0.05) is 28.9 Å². The van der Waals surface area contributed by atoms with Crippen LogP contribution >= 0.6 is 11.3 Å². The lowest BCUT2D eigenvalue weighted by atomic mass is 10.1. The fourth-order valence-electron chi connectivity index (χ4n) is 2.53. The lowest BCUT2D eigenvalue weighted by molar-refractivity contribution is -0.143. The molecule has 8 heteroatoms. The number of hydrogen-bond donors (Lipinski definition) is 0. The van der Waals surface area contributed by atoms with Gasteiger partial charge in [-0.05, 0) is 18.6 Å². The van der Waals surface area contributed by atoms with E-state index in [0.717, 1.165) is 16.8 Å². The van der Waals surface area contributed by atoms with E-state index in [0.29, 0.717) is 11.6 Å². The second-order valence-corrected chi connectivity index (χ2v) is 7.14. The predicted molar refractivity (Wildman–Crippen MR) is 108 cm³/mol. The highest BCUT2D eigenvalue weighted by Gasteiger charge is 2.24. The monoisotopic (exact) mass is 406 g/mol. The molecule has 1 atom stereocenters. The molecule has 0 aliphatic carbocycles. The molecule has 7 nitrogen and oxygen atoms in total. The quantitative estimate of drug-likeness (QED) is 0.421. The van der Waals surface area contributed by atoms with E-state index in [1.54, 1.807) is 35.5 Å². The topological polar surface area (TPSA) is 97.9 Å². The molecule has 0 radical (unpaired) electrons. The van der Waals surface area contributed by atoms with Gasteiger partial charge in [-0.3, -0.25) is 9.48 Å². The van der Waals surface area contributed by atoms with Gasteiger partial charge in [0.1, 0.15) is 5.01 Å². The number of nitrogens with zero attached hydrogens (tertiary/aromatic N) is 4. The largest absolute Gasteiger partial charge is 0.454 e. The minimum atomic E-state index is -1.03. The van der Waals surface area contributed by atoms with Gasteiger partial charge in [-0.1, -0.05) is 30.3 Å². The van der Waals surface area contributed by atoms with E-state index in [2.05, 4.69) is 10.1 Å². The van der Waals surface area contributed by atoms with Crippen molar-refractivity contribution < 1.29 is 14.3 Å². The first-order chi connectivity index (χ1) is 14.0. The molecule has 0 aliphatic rings. The number of aryl methyl sites for hydroxylation is 1. The van der Waals surface area contributed by atoms with E-state index in [4.69, 9.17) is 4.74 Å². The van der Waals surface area contributed by atoms with E-state index in [-0.39, 0.29) is 0 Å². The number of esters is 1. The van der Waals surface area contributed by atoms with Gasteiger partial charge in [-0.2, -0.15) is 10.4 Å². The zero-order chi connectivity index (χ0) is 20.6. The van der Waals surface area contributed by atoms with Crippen molar-refractivity contribution in [3.63, 3.8) is 0 Å². The van der Waals surface area contributed by atoms with Gasteiger partial charge >= 0.3 is 5.97 Å². The fourth-order valence-corrected chi connectivity index (χ4v) is 3.39. The number of carbonyl (C=O) groups excluding carboxylic acids is 2. The molecular weight excluding hydrogens is 388 g/mol. The number of rotatable bonds is 8. The third-order valence-electron chi connectivity index (χ3n) is 3.94. The van der Waals surface area contributed by atoms with Crippen LogP contribution in [0.3, 0.4) is 0 Å². The maximum absolute atomic E-state index is 12.2. The van der Waals surface area contributed by atoms with Crippen LogP contribution in [0.5, 0.6) is 0 Å². The summed E-state index contributed by atoms with van der Waals surface area (Å²) in [7, 11) is 0. The smallest absolute Gasteiger partial charge is 0.331 e. The first-order valence-electron chi connectivity index (χ1n) is 8.80. The van der Waals surface area contributed by atoms with Crippen molar-refractivity contribution in [2.45, 2.75) is 19.4 Å². The number of thiazole rings is 1. The molecule has 1 aromatic carbocycles. The van der Waals surface area contributed by atoms with Crippen molar-refractivity contribution in [3.8, 4) is 6.07 Å². The van der Waals surface area contributed by atoms with Gasteiger partial charge in [-0.15, -0.1) is 11.3 Å². The number of hydrogen-bond acceptors (Lipinski definition) is 7. The van der Waals surface area contributed by atoms with Gasteiger partial charge < -0.3 is 4.74 Å². The molecule has 0 fully saturated rings. The number of ketones is 1. The summed E-state index contributed by atoms with van der Waals surface area (Å²) in [6, 6.07) is 11.8. The maximum Gasteiger partial charge on any atom is 0.331 e. The first kappa shape index (κ1) is 20.2. The van der Waals surface area contributed by atoms with Crippen molar-refractivity contribution >= 4 is 29.2 Å². The van der Waals surface area contributed by atoms with Crippen LogP contribution in [0.15, 0.2) is 54.2 Å². The Labute approximate surface area is 171 Å². The summed E-state index contributed by atoms with van der Waals surface area (Å²) >= 11 is 1.24. The molecule has 3 aromatic rings. The van der Waals surface area contributed by atoms with E-state index in [9.17, 15) is 14.9 Å². The Morgan fingerprint density at radius 1 is 1.34 bits per heavy atom. The van der Waals surface area contributed by atoms with Gasteiger partial charge in [-0.25, -0.2) is 9.78 Å². The Morgan fingerprint density at radius 2 is 2.14 bits per heavy atom. The van der Waals surface area contributed by atoms with Crippen molar-refractivity contribution in [2.75, 3.05) is 6.61 Å². The summed E-state index contributed by atoms with van der Waals surface area (Å²) in [4.78, 5) is 28.2. The average molecular weight is 406 g/mol. The molecule has 0 saturated carbocycles. The second kappa shape index (κ2) is 9.57.